The van der Waals surface area contributed by atoms with Crippen LogP contribution in [0.3, 0.4) is 0 Å². The molecule has 1 atom stereocenters. The summed E-state index contributed by atoms with van der Waals surface area (Å²) < 4.78 is 13.2. The number of halogens is 1. The van der Waals surface area contributed by atoms with Crippen LogP contribution in [-0.4, -0.2) is 48.6 Å². The summed E-state index contributed by atoms with van der Waals surface area (Å²) in [6, 6.07) is 16.8. The number of rotatable bonds is 5. The highest BCUT2D eigenvalue weighted by Crippen LogP contribution is 2.19. The van der Waals surface area contributed by atoms with Crippen molar-refractivity contribution in [3.63, 3.8) is 0 Å². The number of hydrogen-bond acceptors (Lipinski definition) is 2. The molecule has 1 saturated heterocycles. The first kappa shape index (κ1) is 21.3. The number of nitrogens with zero attached hydrogens (tertiary/aromatic N) is 2. The Morgan fingerprint density at radius 1 is 1.07 bits per heavy atom. The van der Waals surface area contributed by atoms with Crippen molar-refractivity contribution in [2.24, 2.45) is 0 Å². The summed E-state index contributed by atoms with van der Waals surface area (Å²) in [7, 11) is 0. The van der Waals surface area contributed by atoms with E-state index in [0.717, 1.165) is 37.4 Å². The molecule has 3 rings (SSSR count). The van der Waals surface area contributed by atoms with Crippen molar-refractivity contribution >= 4 is 11.6 Å². The number of carbonyl (C=O) groups is 1. The number of nitrogens with one attached hydrogen (secondary N) is 1. The molecule has 5 heteroatoms. The first-order valence-electron chi connectivity index (χ1n) is 10.5. The summed E-state index contributed by atoms with van der Waals surface area (Å²) in [5.74, 6) is -0.00972. The van der Waals surface area contributed by atoms with Crippen LogP contribution in [0.5, 0.6) is 0 Å². The molecule has 1 amide bonds. The fourth-order valence-corrected chi connectivity index (χ4v) is 3.96. The van der Waals surface area contributed by atoms with Gasteiger partial charge in [0.1, 0.15) is 5.82 Å². The smallest absolute Gasteiger partial charge is 0.281 e. The molecule has 4 nitrogen and oxygen atoms in total. The van der Waals surface area contributed by atoms with E-state index >= 15 is 0 Å². The highest BCUT2D eigenvalue weighted by Gasteiger charge is 2.36. The monoisotopic (exact) mass is 398 g/mol. The van der Waals surface area contributed by atoms with Gasteiger partial charge in [-0.3, -0.25) is 4.79 Å². The number of piperazine rings is 1. The average molecular weight is 399 g/mol. The van der Waals surface area contributed by atoms with Crippen molar-refractivity contribution in [1.82, 2.24) is 4.90 Å². The van der Waals surface area contributed by atoms with Gasteiger partial charge in [-0.25, -0.2) is 4.39 Å². The minimum atomic E-state index is -0.240. The van der Waals surface area contributed by atoms with E-state index in [9.17, 15) is 9.18 Å². The Balaban J connectivity index is 1.64. The zero-order valence-electron chi connectivity index (χ0n) is 18.0. The van der Waals surface area contributed by atoms with Gasteiger partial charge in [0, 0.05) is 17.8 Å². The first-order valence-corrected chi connectivity index (χ1v) is 10.5. The van der Waals surface area contributed by atoms with Gasteiger partial charge in [0.25, 0.3) is 5.91 Å². The number of amides is 1. The number of hydrogen-bond donors (Lipinski definition) is 1. The molecule has 0 unspecified atom stereocenters. The largest absolute Gasteiger partial charge is 0.360 e. The van der Waals surface area contributed by atoms with Crippen molar-refractivity contribution < 1.29 is 14.1 Å². The highest BCUT2D eigenvalue weighted by atomic mass is 19.1. The maximum absolute atomic E-state index is 13.4. The van der Waals surface area contributed by atoms with E-state index in [-0.39, 0.29) is 23.3 Å². The SMILES string of the molecule is C[C@H](C(=O)N(Cc1ccccc1)C(C)(C)C)[NH+]1CCN(c2ccc(F)cc2)CC1. The van der Waals surface area contributed by atoms with Gasteiger partial charge >= 0.3 is 0 Å². The second kappa shape index (κ2) is 8.95. The summed E-state index contributed by atoms with van der Waals surface area (Å²) in [4.78, 5) is 19.0. The molecule has 2 aromatic rings. The number of anilines is 1. The van der Waals surface area contributed by atoms with E-state index in [2.05, 4.69) is 44.7 Å². The fraction of sp³-hybridized carbons (Fsp3) is 0.458. The molecule has 1 aliphatic rings. The zero-order chi connectivity index (χ0) is 21.0. The van der Waals surface area contributed by atoms with Crippen LogP contribution in [0.4, 0.5) is 10.1 Å². The Kier molecular flexibility index (Phi) is 6.58. The van der Waals surface area contributed by atoms with Crippen LogP contribution in [0.2, 0.25) is 0 Å². The van der Waals surface area contributed by atoms with E-state index < -0.39 is 0 Å². The Labute approximate surface area is 173 Å². The van der Waals surface area contributed by atoms with Gasteiger partial charge in [0.2, 0.25) is 0 Å². The van der Waals surface area contributed by atoms with Crippen LogP contribution in [0.25, 0.3) is 0 Å². The van der Waals surface area contributed by atoms with Crippen molar-refractivity contribution in [1.29, 1.82) is 0 Å². The molecule has 29 heavy (non-hydrogen) atoms. The van der Waals surface area contributed by atoms with E-state index in [1.54, 1.807) is 0 Å². The predicted octanol–water partition coefficient (Wildman–Crippen LogP) is 2.75. The number of carbonyl (C=O) groups excluding carboxylic acids is 1. The maximum atomic E-state index is 13.4. The van der Waals surface area contributed by atoms with Crippen molar-refractivity contribution in [3.05, 3.63) is 66.0 Å². The van der Waals surface area contributed by atoms with E-state index in [4.69, 9.17) is 0 Å². The van der Waals surface area contributed by atoms with Gasteiger partial charge in [-0.05, 0) is 57.5 Å². The topological polar surface area (TPSA) is 28.0 Å². The van der Waals surface area contributed by atoms with Gasteiger partial charge in [-0.15, -0.1) is 0 Å². The fourth-order valence-electron chi connectivity index (χ4n) is 3.96. The summed E-state index contributed by atoms with van der Waals surface area (Å²) >= 11 is 0. The predicted molar refractivity (Wildman–Crippen MR) is 116 cm³/mol. The Bertz CT molecular complexity index is 793. The van der Waals surface area contributed by atoms with Crippen LogP contribution in [0.1, 0.15) is 33.3 Å². The molecule has 0 aromatic heterocycles. The molecule has 156 valence electrons. The normalized spacial score (nSPS) is 16.5. The van der Waals surface area contributed by atoms with Crippen LogP contribution in [-0.2, 0) is 11.3 Å². The molecule has 0 bridgehead atoms. The van der Waals surface area contributed by atoms with Crippen LogP contribution in [0.15, 0.2) is 54.6 Å². The summed E-state index contributed by atoms with van der Waals surface area (Å²) in [5, 5.41) is 0. The average Bonchev–Trinajstić information content (AvgIpc) is 2.72. The molecule has 0 saturated carbocycles. The molecule has 1 N–H and O–H groups in total. The summed E-state index contributed by atoms with van der Waals surface area (Å²) in [6.07, 6.45) is 0. The Hall–Kier alpha value is -2.40. The third kappa shape index (κ3) is 5.36. The lowest BCUT2D eigenvalue weighted by molar-refractivity contribution is -0.915. The van der Waals surface area contributed by atoms with E-state index in [0.29, 0.717) is 6.54 Å². The maximum Gasteiger partial charge on any atom is 0.281 e. The standard InChI is InChI=1S/C24H32FN3O/c1-19(23(29)28(24(2,3)4)18-20-8-6-5-7-9-20)26-14-16-27(17-15-26)22-12-10-21(25)11-13-22/h5-13,19H,14-18H2,1-4H3/p+1/t19-/m1/s1. The molecular weight excluding hydrogens is 365 g/mol. The lowest BCUT2D eigenvalue weighted by Crippen LogP contribution is -3.19. The molecule has 1 heterocycles. The lowest BCUT2D eigenvalue weighted by atomic mass is 10.0. The van der Waals surface area contributed by atoms with Gasteiger partial charge < -0.3 is 14.7 Å². The van der Waals surface area contributed by atoms with Gasteiger partial charge in [0.15, 0.2) is 6.04 Å². The Morgan fingerprint density at radius 2 is 1.66 bits per heavy atom. The number of quaternary nitrogens is 1. The number of benzene rings is 2. The quantitative estimate of drug-likeness (QED) is 0.839. The molecule has 0 radical (unpaired) electrons. The minimum absolute atomic E-state index is 0.0895. The Morgan fingerprint density at radius 3 is 2.21 bits per heavy atom. The second-order valence-electron chi connectivity index (χ2n) is 8.92. The molecule has 1 aliphatic heterocycles. The van der Waals surface area contributed by atoms with Crippen molar-refractivity contribution in [2.75, 3.05) is 31.1 Å². The molecule has 0 aliphatic carbocycles. The third-order valence-corrected chi connectivity index (χ3v) is 5.84. The molecule has 2 aromatic carbocycles. The molecule has 0 spiro atoms. The zero-order valence-corrected chi connectivity index (χ0v) is 18.0. The van der Waals surface area contributed by atoms with E-state index in [1.165, 1.54) is 17.0 Å². The lowest BCUT2D eigenvalue weighted by Gasteiger charge is -2.41. The van der Waals surface area contributed by atoms with Crippen LogP contribution in [0, 0.1) is 5.82 Å². The van der Waals surface area contributed by atoms with Crippen LogP contribution < -0.4 is 9.80 Å². The summed E-state index contributed by atoms with van der Waals surface area (Å²) in [5.41, 5.74) is 1.96. The van der Waals surface area contributed by atoms with Crippen molar-refractivity contribution in [2.45, 2.75) is 45.8 Å². The third-order valence-electron chi connectivity index (χ3n) is 5.84. The highest BCUT2D eigenvalue weighted by molar-refractivity contribution is 5.81. The molecule has 1 fully saturated rings. The molecular formula is C24H33FN3O+. The first-order chi connectivity index (χ1) is 13.8. The van der Waals surface area contributed by atoms with Crippen molar-refractivity contribution in [3.8, 4) is 0 Å². The van der Waals surface area contributed by atoms with Gasteiger partial charge in [0.05, 0.1) is 26.2 Å². The van der Waals surface area contributed by atoms with Gasteiger partial charge in [-0.1, -0.05) is 30.3 Å². The second-order valence-corrected chi connectivity index (χ2v) is 8.92. The van der Waals surface area contributed by atoms with E-state index in [1.807, 2.05) is 35.2 Å². The minimum Gasteiger partial charge on any atom is -0.360 e. The van der Waals surface area contributed by atoms with Gasteiger partial charge in [-0.2, -0.15) is 0 Å². The summed E-state index contributed by atoms with van der Waals surface area (Å²) in [6.45, 7) is 12.5. The van der Waals surface area contributed by atoms with Crippen LogP contribution >= 0.6 is 0 Å².